The maximum Gasteiger partial charge on any atom is 0.267 e. The number of rotatable bonds is 2. The number of aromatic amines is 1. The lowest BCUT2D eigenvalue weighted by molar-refractivity contribution is -0.145. The van der Waals surface area contributed by atoms with Crippen molar-refractivity contribution in [2.75, 3.05) is 13.1 Å². The molecule has 4 rings (SSSR count). The molecule has 0 saturated carbocycles. The fourth-order valence-electron chi connectivity index (χ4n) is 3.64. The quantitative estimate of drug-likeness (QED) is 0.912. The van der Waals surface area contributed by atoms with Gasteiger partial charge in [0.1, 0.15) is 6.10 Å². The minimum Gasteiger partial charge on any atom is -0.482 e. The first-order chi connectivity index (χ1) is 12.1. The van der Waals surface area contributed by atoms with Crippen LogP contribution >= 0.6 is 0 Å². The van der Waals surface area contributed by atoms with Gasteiger partial charge < -0.3 is 14.4 Å². The summed E-state index contributed by atoms with van der Waals surface area (Å²) in [5, 5.41) is 7.36. The molecule has 1 N–H and O–H groups in total. The van der Waals surface area contributed by atoms with E-state index in [9.17, 15) is 4.79 Å². The van der Waals surface area contributed by atoms with Gasteiger partial charge in [0, 0.05) is 24.7 Å². The molecule has 3 atom stereocenters. The second-order valence-corrected chi connectivity index (χ2v) is 6.91. The second kappa shape index (κ2) is 6.43. The lowest BCUT2D eigenvalue weighted by atomic mass is 9.94. The van der Waals surface area contributed by atoms with E-state index in [1.54, 1.807) is 0 Å². The molecule has 3 heterocycles. The molecule has 1 aromatic heterocycles. The highest BCUT2D eigenvalue weighted by Gasteiger charge is 2.38. The standard InChI is InChI=1S/C19H23N3O3/c1-12-10-15(21-20-12)14-6-5-9-22(11-14)19(23)18-13(2)24-16-7-3-4-8-17(16)25-18/h3-4,7-8,10,13-14,18H,5-6,9,11H2,1-2H3,(H,20,21)/t13-,14-,18-/m1/s1. The number of nitrogens with one attached hydrogen (secondary N) is 1. The van der Waals surface area contributed by atoms with E-state index in [-0.39, 0.29) is 17.9 Å². The monoisotopic (exact) mass is 341 g/mol. The SMILES string of the molecule is Cc1cc([C@@H]2CCCN(C(=O)[C@@H]3Oc4ccccc4O[C@@H]3C)C2)n[nH]1. The van der Waals surface area contributed by atoms with Crippen LogP contribution in [0.2, 0.25) is 0 Å². The Labute approximate surface area is 147 Å². The van der Waals surface area contributed by atoms with E-state index in [1.165, 1.54) is 0 Å². The van der Waals surface area contributed by atoms with Gasteiger partial charge in [0.25, 0.3) is 5.91 Å². The molecule has 25 heavy (non-hydrogen) atoms. The highest BCUT2D eigenvalue weighted by atomic mass is 16.6. The Morgan fingerprint density at radius 2 is 2.04 bits per heavy atom. The first kappa shape index (κ1) is 16.0. The first-order valence-corrected chi connectivity index (χ1v) is 8.85. The normalized spacial score (nSPS) is 25.7. The number of nitrogens with zero attached hydrogens (tertiary/aromatic N) is 2. The Kier molecular flexibility index (Phi) is 4.11. The molecule has 1 amide bonds. The molecule has 0 aliphatic carbocycles. The summed E-state index contributed by atoms with van der Waals surface area (Å²) < 4.78 is 11.8. The van der Waals surface area contributed by atoms with Gasteiger partial charge in [-0.1, -0.05) is 12.1 Å². The van der Waals surface area contributed by atoms with Gasteiger partial charge in [-0.25, -0.2) is 0 Å². The number of benzene rings is 1. The third-order valence-electron chi connectivity index (χ3n) is 4.96. The van der Waals surface area contributed by atoms with E-state index < -0.39 is 6.10 Å². The molecule has 2 aromatic rings. The number of para-hydroxylation sites is 2. The van der Waals surface area contributed by atoms with Crippen LogP contribution in [0.5, 0.6) is 11.5 Å². The molecule has 6 heteroatoms. The molecule has 1 aromatic carbocycles. The van der Waals surface area contributed by atoms with Crippen LogP contribution in [0.15, 0.2) is 30.3 Å². The summed E-state index contributed by atoms with van der Waals surface area (Å²) in [6.07, 6.45) is 1.11. The molecule has 0 unspecified atom stereocenters. The van der Waals surface area contributed by atoms with Gasteiger partial charge in [-0.3, -0.25) is 9.89 Å². The molecule has 132 valence electrons. The zero-order chi connectivity index (χ0) is 17.4. The number of piperidine rings is 1. The Morgan fingerprint density at radius 3 is 2.76 bits per heavy atom. The predicted octanol–water partition coefficient (Wildman–Crippen LogP) is 2.65. The summed E-state index contributed by atoms with van der Waals surface area (Å²) >= 11 is 0. The lowest BCUT2D eigenvalue weighted by Crippen LogP contribution is -2.52. The maximum absolute atomic E-state index is 13.0. The van der Waals surface area contributed by atoms with Crippen molar-refractivity contribution in [1.82, 2.24) is 15.1 Å². The zero-order valence-electron chi connectivity index (χ0n) is 14.6. The van der Waals surface area contributed by atoms with Gasteiger partial charge in [-0.05, 0) is 44.9 Å². The van der Waals surface area contributed by atoms with E-state index >= 15 is 0 Å². The number of likely N-dealkylation sites (tertiary alicyclic amines) is 1. The average Bonchev–Trinajstić information content (AvgIpc) is 3.07. The number of amides is 1. The second-order valence-electron chi connectivity index (χ2n) is 6.91. The van der Waals surface area contributed by atoms with Gasteiger partial charge in [-0.15, -0.1) is 0 Å². The van der Waals surface area contributed by atoms with Crippen LogP contribution in [0, 0.1) is 6.92 Å². The van der Waals surface area contributed by atoms with Gasteiger partial charge in [0.15, 0.2) is 11.5 Å². The number of carbonyl (C=O) groups is 1. The molecule has 2 aliphatic heterocycles. The molecule has 2 aliphatic rings. The molecule has 0 bridgehead atoms. The van der Waals surface area contributed by atoms with Crippen molar-refractivity contribution in [2.24, 2.45) is 0 Å². The summed E-state index contributed by atoms with van der Waals surface area (Å²) in [4.78, 5) is 14.9. The molecular weight excluding hydrogens is 318 g/mol. The van der Waals surface area contributed by atoms with Crippen LogP contribution in [-0.4, -0.2) is 46.3 Å². The highest BCUT2D eigenvalue weighted by molar-refractivity contribution is 5.82. The first-order valence-electron chi connectivity index (χ1n) is 8.85. The van der Waals surface area contributed by atoms with Crippen LogP contribution in [0.1, 0.15) is 37.1 Å². The summed E-state index contributed by atoms with van der Waals surface area (Å²) in [6.45, 7) is 5.32. The minimum absolute atomic E-state index is 0.000962. The molecular formula is C19H23N3O3. The van der Waals surface area contributed by atoms with E-state index in [0.29, 0.717) is 18.0 Å². The van der Waals surface area contributed by atoms with Crippen LogP contribution in [0.3, 0.4) is 0 Å². The Balaban J connectivity index is 1.49. The number of carbonyl (C=O) groups excluding carboxylic acids is 1. The fraction of sp³-hybridized carbons (Fsp3) is 0.474. The van der Waals surface area contributed by atoms with Gasteiger partial charge in [0.05, 0.1) is 5.69 Å². The van der Waals surface area contributed by atoms with Crippen LogP contribution in [0.25, 0.3) is 0 Å². The fourth-order valence-corrected chi connectivity index (χ4v) is 3.64. The average molecular weight is 341 g/mol. The summed E-state index contributed by atoms with van der Waals surface area (Å²) in [7, 11) is 0. The van der Waals surface area contributed by atoms with Crippen LogP contribution in [-0.2, 0) is 4.79 Å². The number of hydrogen-bond acceptors (Lipinski definition) is 4. The highest BCUT2D eigenvalue weighted by Crippen LogP contribution is 2.34. The summed E-state index contributed by atoms with van der Waals surface area (Å²) in [5.41, 5.74) is 2.09. The predicted molar refractivity (Wildman–Crippen MR) is 92.8 cm³/mol. The summed E-state index contributed by atoms with van der Waals surface area (Å²) in [6, 6.07) is 9.56. The van der Waals surface area contributed by atoms with Crippen molar-refractivity contribution in [3.63, 3.8) is 0 Å². The van der Waals surface area contributed by atoms with E-state index in [4.69, 9.17) is 9.47 Å². The number of hydrogen-bond donors (Lipinski definition) is 1. The molecule has 0 radical (unpaired) electrons. The Bertz CT molecular complexity index is 773. The largest absolute Gasteiger partial charge is 0.482 e. The number of aromatic nitrogens is 2. The van der Waals surface area contributed by atoms with Gasteiger partial charge >= 0.3 is 0 Å². The van der Waals surface area contributed by atoms with Crippen molar-refractivity contribution in [1.29, 1.82) is 0 Å². The minimum atomic E-state index is -0.602. The van der Waals surface area contributed by atoms with Crippen molar-refractivity contribution in [3.8, 4) is 11.5 Å². The van der Waals surface area contributed by atoms with Crippen LogP contribution in [0.4, 0.5) is 0 Å². The van der Waals surface area contributed by atoms with Crippen molar-refractivity contribution in [2.45, 2.75) is 44.8 Å². The molecule has 1 fully saturated rings. The van der Waals surface area contributed by atoms with Gasteiger partial charge in [-0.2, -0.15) is 5.10 Å². The Morgan fingerprint density at radius 1 is 1.28 bits per heavy atom. The third-order valence-corrected chi connectivity index (χ3v) is 4.96. The number of fused-ring (bicyclic) bond motifs is 1. The maximum atomic E-state index is 13.0. The molecule has 0 spiro atoms. The van der Waals surface area contributed by atoms with Crippen LogP contribution < -0.4 is 9.47 Å². The smallest absolute Gasteiger partial charge is 0.267 e. The van der Waals surface area contributed by atoms with E-state index in [1.807, 2.05) is 43.0 Å². The molecule has 6 nitrogen and oxygen atoms in total. The lowest BCUT2D eigenvalue weighted by Gasteiger charge is -2.37. The zero-order valence-corrected chi connectivity index (χ0v) is 14.6. The number of aryl methyl sites for hydroxylation is 1. The van der Waals surface area contributed by atoms with E-state index in [2.05, 4.69) is 16.3 Å². The third kappa shape index (κ3) is 3.08. The van der Waals surface area contributed by atoms with E-state index in [0.717, 1.165) is 30.8 Å². The summed E-state index contributed by atoms with van der Waals surface area (Å²) in [5.74, 6) is 1.60. The van der Waals surface area contributed by atoms with Gasteiger partial charge in [0.2, 0.25) is 6.10 Å². The van der Waals surface area contributed by atoms with Crippen molar-refractivity contribution in [3.05, 3.63) is 41.7 Å². The number of ether oxygens (including phenoxy) is 2. The molecule has 1 saturated heterocycles. The number of H-pyrrole nitrogens is 1. The van der Waals surface area contributed by atoms with Crippen molar-refractivity contribution >= 4 is 5.91 Å². The Hall–Kier alpha value is -2.50. The van der Waals surface area contributed by atoms with Crippen molar-refractivity contribution < 1.29 is 14.3 Å². The topological polar surface area (TPSA) is 67.5 Å².